The molecule has 0 aromatic heterocycles. The number of halogens is 2. The van der Waals surface area contributed by atoms with Crippen LogP contribution in [0.1, 0.15) is 144 Å². The number of aryl methyl sites for hydroxylation is 1. The van der Waals surface area contributed by atoms with Crippen molar-refractivity contribution in [3.05, 3.63) is 76.4 Å². The van der Waals surface area contributed by atoms with Crippen LogP contribution in [0.5, 0.6) is 0 Å². The van der Waals surface area contributed by atoms with Gasteiger partial charge in [-0.25, -0.2) is 8.78 Å². The Balaban J connectivity index is 1.12. The first kappa shape index (κ1) is 28.6. The quantitative estimate of drug-likeness (QED) is 0.282. The number of allylic oxidation sites excluding steroid dienone is 2. The summed E-state index contributed by atoms with van der Waals surface area (Å²) in [7, 11) is 0. The average molecular weight is 533 g/mol. The standard InChI is InChI=1S/C37H50F2/c1-3-5-6-7-26-8-10-28(11-9-26)29-13-15-30(16-14-29)34-22-23-35(37(39)25-34)32-19-17-31(18-20-32)33-21-12-27(4-2)36(38)24-33/h12,19,21-26,28-31H,3-11,13-18,20H2,1-2H3. The minimum absolute atomic E-state index is 0.0564. The molecule has 1 atom stereocenters. The molecule has 3 aliphatic rings. The van der Waals surface area contributed by atoms with E-state index in [1.165, 1.54) is 82.6 Å². The van der Waals surface area contributed by atoms with Crippen molar-refractivity contribution in [2.45, 2.75) is 128 Å². The molecule has 1 unspecified atom stereocenters. The summed E-state index contributed by atoms with van der Waals surface area (Å²) in [6, 6.07) is 11.8. The number of hydrogen-bond donors (Lipinski definition) is 0. The van der Waals surface area contributed by atoms with Crippen LogP contribution in [0, 0.1) is 29.4 Å². The number of rotatable bonds is 9. The van der Waals surface area contributed by atoms with Crippen molar-refractivity contribution < 1.29 is 8.78 Å². The van der Waals surface area contributed by atoms with Crippen molar-refractivity contribution in [2.24, 2.45) is 17.8 Å². The molecule has 0 saturated heterocycles. The Labute approximate surface area is 236 Å². The molecule has 5 rings (SSSR count). The fourth-order valence-corrected chi connectivity index (χ4v) is 8.09. The molecule has 0 bridgehead atoms. The van der Waals surface area contributed by atoms with Crippen LogP contribution < -0.4 is 0 Å². The molecule has 0 radical (unpaired) electrons. The zero-order chi connectivity index (χ0) is 27.2. The van der Waals surface area contributed by atoms with Gasteiger partial charge >= 0.3 is 0 Å². The van der Waals surface area contributed by atoms with Gasteiger partial charge in [-0.2, -0.15) is 0 Å². The van der Waals surface area contributed by atoms with Gasteiger partial charge in [0.15, 0.2) is 0 Å². The summed E-state index contributed by atoms with van der Waals surface area (Å²) in [5.41, 5.74) is 4.95. The predicted molar refractivity (Wildman–Crippen MR) is 161 cm³/mol. The Bertz CT molecular complexity index is 1100. The van der Waals surface area contributed by atoms with Crippen LogP contribution >= 0.6 is 0 Å². The molecule has 0 heterocycles. The third kappa shape index (κ3) is 7.04. The van der Waals surface area contributed by atoms with Crippen molar-refractivity contribution in [3.8, 4) is 0 Å². The smallest absolute Gasteiger partial charge is 0.130 e. The summed E-state index contributed by atoms with van der Waals surface area (Å²) in [5, 5.41) is 0. The van der Waals surface area contributed by atoms with E-state index in [-0.39, 0.29) is 11.6 Å². The molecule has 2 saturated carbocycles. The highest BCUT2D eigenvalue weighted by Gasteiger charge is 2.31. The molecule has 2 fully saturated rings. The van der Waals surface area contributed by atoms with Crippen molar-refractivity contribution >= 4 is 5.57 Å². The zero-order valence-corrected chi connectivity index (χ0v) is 24.5. The van der Waals surface area contributed by atoms with Gasteiger partial charge in [0.1, 0.15) is 11.6 Å². The van der Waals surface area contributed by atoms with Gasteiger partial charge in [0.25, 0.3) is 0 Å². The largest absolute Gasteiger partial charge is 0.207 e. The summed E-state index contributed by atoms with van der Waals surface area (Å²) < 4.78 is 29.7. The lowest BCUT2D eigenvalue weighted by atomic mass is 9.68. The second kappa shape index (κ2) is 13.6. The maximum absolute atomic E-state index is 15.4. The highest BCUT2D eigenvalue weighted by atomic mass is 19.1. The van der Waals surface area contributed by atoms with Crippen molar-refractivity contribution in [1.82, 2.24) is 0 Å². The molecule has 0 nitrogen and oxygen atoms in total. The van der Waals surface area contributed by atoms with Gasteiger partial charge in [-0.3, -0.25) is 0 Å². The fraction of sp³-hybridized carbons (Fsp3) is 0.622. The second-order valence-electron chi connectivity index (χ2n) is 13.0. The molecule has 212 valence electrons. The Kier molecular flexibility index (Phi) is 9.96. The molecular formula is C37H50F2. The Morgan fingerprint density at radius 3 is 1.97 bits per heavy atom. The molecule has 0 aliphatic heterocycles. The average Bonchev–Trinajstić information content (AvgIpc) is 2.98. The minimum Gasteiger partial charge on any atom is -0.207 e. The molecule has 3 aliphatic carbocycles. The van der Waals surface area contributed by atoms with Crippen LogP contribution in [0.15, 0.2) is 42.5 Å². The van der Waals surface area contributed by atoms with E-state index in [1.807, 2.05) is 25.1 Å². The minimum atomic E-state index is -0.0920. The SMILES string of the molecule is CCCCCC1CCC(C2CCC(c3ccc(C4=CCC(c5ccc(CC)c(F)c5)CC4)c(F)c3)CC2)CC1. The van der Waals surface area contributed by atoms with Crippen molar-refractivity contribution in [3.63, 3.8) is 0 Å². The summed E-state index contributed by atoms with van der Waals surface area (Å²) >= 11 is 0. The Hall–Kier alpha value is -1.96. The fourth-order valence-electron chi connectivity index (χ4n) is 8.09. The lowest BCUT2D eigenvalue weighted by Gasteiger charge is -2.38. The Morgan fingerprint density at radius 2 is 1.36 bits per heavy atom. The molecular weight excluding hydrogens is 482 g/mol. The van der Waals surface area contributed by atoms with Gasteiger partial charge in [-0.05, 0) is 128 Å². The van der Waals surface area contributed by atoms with Crippen molar-refractivity contribution in [2.75, 3.05) is 0 Å². The second-order valence-corrected chi connectivity index (χ2v) is 13.0. The van der Waals surface area contributed by atoms with Crippen LogP contribution in [-0.4, -0.2) is 0 Å². The molecule has 2 aromatic rings. The molecule has 39 heavy (non-hydrogen) atoms. The highest BCUT2D eigenvalue weighted by Crippen LogP contribution is 2.45. The van der Waals surface area contributed by atoms with E-state index in [9.17, 15) is 4.39 Å². The molecule has 0 spiro atoms. The lowest BCUT2D eigenvalue weighted by Crippen LogP contribution is -2.25. The Morgan fingerprint density at radius 1 is 0.692 bits per heavy atom. The third-order valence-electron chi connectivity index (χ3n) is 10.7. The van der Waals surface area contributed by atoms with Crippen LogP contribution in [0.25, 0.3) is 5.57 Å². The summed E-state index contributed by atoms with van der Waals surface area (Å²) in [5.74, 6) is 3.52. The first-order chi connectivity index (χ1) is 19.1. The monoisotopic (exact) mass is 532 g/mol. The highest BCUT2D eigenvalue weighted by molar-refractivity contribution is 5.67. The third-order valence-corrected chi connectivity index (χ3v) is 10.7. The van der Waals surface area contributed by atoms with Crippen LogP contribution in [0.2, 0.25) is 0 Å². The van der Waals surface area contributed by atoms with E-state index >= 15 is 4.39 Å². The molecule has 2 heteroatoms. The summed E-state index contributed by atoms with van der Waals surface area (Å²) in [6.07, 6.45) is 22.1. The maximum atomic E-state index is 15.4. The van der Waals surface area contributed by atoms with E-state index in [1.54, 1.807) is 6.07 Å². The first-order valence-electron chi connectivity index (χ1n) is 16.3. The van der Waals surface area contributed by atoms with Crippen LogP contribution in [-0.2, 0) is 6.42 Å². The summed E-state index contributed by atoms with van der Waals surface area (Å²) in [4.78, 5) is 0. The normalized spacial score (nSPS) is 27.8. The number of unbranched alkanes of at least 4 members (excludes halogenated alkanes) is 2. The topological polar surface area (TPSA) is 0 Å². The van der Waals surface area contributed by atoms with Gasteiger partial charge in [-0.15, -0.1) is 0 Å². The number of benzene rings is 2. The van der Waals surface area contributed by atoms with E-state index < -0.39 is 0 Å². The predicted octanol–water partition coefficient (Wildman–Crippen LogP) is 11.5. The number of hydrogen-bond acceptors (Lipinski definition) is 0. The van der Waals surface area contributed by atoms with Gasteiger partial charge in [0.05, 0.1) is 0 Å². The van der Waals surface area contributed by atoms with Crippen LogP contribution in [0.4, 0.5) is 8.78 Å². The van der Waals surface area contributed by atoms with Gasteiger partial charge in [-0.1, -0.05) is 82.7 Å². The van der Waals surface area contributed by atoms with Gasteiger partial charge < -0.3 is 0 Å². The maximum Gasteiger partial charge on any atom is 0.130 e. The van der Waals surface area contributed by atoms with Crippen LogP contribution in [0.3, 0.4) is 0 Å². The van der Waals surface area contributed by atoms with E-state index in [0.29, 0.717) is 11.8 Å². The molecule has 0 amide bonds. The van der Waals surface area contributed by atoms with E-state index in [4.69, 9.17) is 0 Å². The first-order valence-corrected chi connectivity index (χ1v) is 16.3. The molecule has 0 N–H and O–H groups in total. The van der Waals surface area contributed by atoms with Crippen molar-refractivity contribution in [1.29, 1.82) is 0 Å². The zero-order valence-electron chi connectivity index (χ0n) is 24.5. The lowest BCUT2D eigenvalue weighted by molar-refractivity contribution is 0.155. The summed E-state index contributed by atoms with van der Waals surface area (Å²) in [6.45, 7) is 4.29. The van der Waals surface area contributed by atoms with Gasteiger partial charge in [0, 0.05) is 5.56 Å². The van der Waals surface area contributed by atoms with E-state index in [0.717, 1.165) is 65.7 Å². The molecule has 2 aromatic carbocycles. The van der Waals surface area contributed by atoms with E-state index in [2.05, 4.69) is 25.1 Å². The van der Waals surface area contributed by atoms with Gasteiger partial charge in [0.2, 0.25) is 0 Å².